The van der Waals surface area contributed by atoms with Crippen LogP contribution in [0.3, 0.4) is 0 Å². The van der Waals surface area contributed by atoms with Crippen molar-refractivity contribution >= 4 is 35.1 Å². The van der Waals surface area contributed by atoms with Crippen molar-refractivity contribution in [3.05, 3.63) is 107 Å². The van der Waals surface area contributed by atoms with Crippen LogP contribution in [0.15, 0.2) is 89.3 Å². The first kappa shape index (κ1) is 29.5. The molecule has 1 unspecified atom stereocenters. The van der Waals surface area contributed by atoms with Crippen LogP contribution in [-0.4, -0.2) is 54.9 Å². The van der Waals surface area contributed by atoms with E-state index in [2.05, 4.69) is 27.2 Å². The number of carbonyl (C=O) groups is 1. The molecular formula is C29H34ClFN6O2. The van der Waals surface area contributed by atoms with Gasteiger partial charge in [-0.2, -0.15) is 0 Å². The molecule has 1 heterocycles. The van der Waals surface area contributed by atoms with Gasteiger partial charge in [0, 0.05) is 24.9 Å². The molecule has 0 saturated heterocycles. The third-order valence-electron chi connectivity index (χ3n) is 5.49. The predicted molar refractivity (Wildman–Crippen MR) is 157 cm³/mol. The Morgan fingerprint density at radius 3 is 2.90 bits per heavy atom. The summed E-state index contributed by atoms with van der Waals surface area (Å²) in [5.74, 6) is 0.341. The number of aliphatic imine (C=N–C) groups is 1. The Labute approximate surface area is 233 Å². The average molecular weight is 553 g/mol. The maximum absolute atomic E-state index is 13.4. The molecule has 39 heavy (non-hydrogen) atoms. The first-order chi connectivity index (χ1) is 18.7. The molecule has 5 N–H and O–H groups in total. The van der Waals surface area contributed by atoms with Crippen LogP contribution in [0.1, 0.15) is 23.4 Å². The van der Waals surface area contributed by atoms with Crippen molar-refractivity contribution in [2.45, 2.75) is 19.1 Å². The molecule has 1 amide bonds. The molecule has 2 aromatic rings. The van der Waals surface area contributed by atoms with Crippen LogP contribution >= 0.6 is 11.6 Å². The van der Waals surface area contributed by atoms with E-state index in [-0.39, 0.29) is 24.4 Å². The lowest BCUT2D eigenvalue weighted by molar-refractivity contribution is -0.116. The number of nitrogens with zero attached hydrogens (tertiary/aromatic N) is 2. The van der Waals surface area contributed by atoms with E-state index in [1.807, 2.05) is 43.3 Å². The monoisotopic (exact) mass is 552 g/mol. The van der Waals surface area contributed by atoms with Gasteiger partial charge in [0.05, 0.1) is 16.8 Å². The molecule has 3 rings (SSSR count). The highest BCUT2D eigenvalue weighted by Gasteiger charge is 2.17. The molecule has 1 atom stereocenters. The molecule has 10 heteroatoms. The van der Waals surface area contributed by atoms with Crippen molar-refractivity contribution in [2.75, 3.05) is 32.5 Å². The Hall–Kier alpha value is -4.08. The minimum absolute atomic E-state index is 0.158. The number of rotatable bonds is 13. The van der Waals surface area contributed by atoms with Crippen LogP contribution in [0.25, 0.3) is 6.08 Å². The highest BCUT2D eigenvalue weighted by molar-refractivity contribution is 6.31. The lowest BCUT2D eigenvalue weighted by Crippen LogP contribution is -2.21. The fourth-order valence-electron chi connectivity index (χ4n) is 3.66. The van der Waals surface area contributed by atoms with E-state index < -0.39 is 0 Å². The van der Waals surface area contributed by atoms with Gasteiger partial charge in [-0.3, -0.25) is 9.79 Å². The number of amidine groups is 1. The zero-order valence-corrected chi connectivity index (χ0v) is 22.8. The largest absolute Gasteiger partial charge is 0.488 e. The number of halogens is 2. The molecule has 206 valence electrons. The van der Waals surface area contributed by atoms with Gasteiger partial charge in [-0.25, -0.2) is 4.39 Å². The van der Waals surface area contributed by atoms with E-state index in [1.165, 1.54) is 18.2 Å². The predicted octanol–water partition coefficient (Wildman–Crippen LogP) is 4.66. The number of ether oxygens (including phenoxy) is 1. The fraction of sp³-hybridized carbons (Fsp3) is 0.241. The molecule has 1 aromatic heterocycles. The number of anilines is 1. The molecule has 0 saturated carbocycles. The number of H-pyrrole nitrogens is 1. The van der Waals surface area contributed by atoms with Gasteiger partial charge in [-0.15, -0.1) is 0 Å². The SMILES string of the molecule is C=CNc1cc(/C=C/CNC(=O)/C=C/CN(C)C)[nH]c1C(N)=NC1C=C(Cl)C(OCc2cccc(F)c2)=CC1. The van der Waals surface area contributed by atoms with E-state index in [1.54, 1.807) is 30.5 Å². The van der Waals surface area contributed by atoms with E-state index in [9.17, 15) is 9.18 Å². The second-order valence-corrected chi connectivity index (χ2v) is 9.40. The van der Waals surface area contributed by atoms with Gasteiger partial charge in [0.2, 0.25) is 5.91 Å². The molecular weight excluding hydrogens is 519 g/mol. The summed E-state index contributed by atoms with van der Waals surface area (Å²) in [4.78, 5) is 21.7. The molecule has 0 aliphatic heterocycles. The van der Waals surface area contributed by atoms with Crippen molar-refractivity contribution in [3.63, 3.8) is 0 Å². The molecule has 0 spiro atoms. The van der Waals surface area contributed by atoms with Crippen LogP contribution in [0.4, 0.5) is 10.1 Å². The summed E-state index contributed by atoms with van der Waals surface area (Å²) in [7, 11) is 3.87. The number of benzene rings is 1. The number of amides is 1. The minimum atomic E-state index is -0.316. The number of hydrogen-bond donors (Lipinski definition) is 4. The summed E-state index contributed by atoms with van der Waals surface area (Å²) in [5, 5.41) is 6.28. The van der Waals surface area contributed by atoms with Crippen molar-refractivity contribution in [1.29, 1.82) is 0 Å². The number of aromatic amines is 1. The van der Waals surface area contributed by atoms with E-state index in [4.69, 9.17) is 22.1 Å². The fourth-order valence-corrected chi connectivity index (χ4v) is 3.94. The second-order valence-electron chi connectivity index (χ2n) is 8.99. The zero-order chi connectivity index (χ0) is 28.2. The van der Waals surface area contributed by atoms with Crippen molar-refractivity contribution in [3.8, 4) is 0 Å². The molecule has 0 fully saturated rings. The lowest BCUT2D eigenvalue weighted by atomic mass is 10.1. The van der Waals surface area contributed by atoms with Crippen LogP contribution in [0, 0.1) is 5.82 Å². The van der Waals surface area contributed by atoms with E-state index in [0.717, 1.165) is 5.69 Å². The van der Waals surface area contributed by atoms with Gasteiger partial charge >= 0.3 is 0 Å². The van der Waals surface area contributed by atoms with Crippen molar-refractivity contribution in [2.24, 2.45) is 10.7 Å². The molecule has 0 bridgehead atoms. The molecule has 0 radical (unpaired) electrons. The van der Waals surface area contributed by atoms with Gasteiger partial charge in [0.1, 0.15) is 29.7 Å². The summed E-state index contributed by atoms with van der Waals surface area (Å²) >= 11 is 6.43. The summed E-state index contributed by atoms with van der Waals surface area (Å²) < 4.78 is 19.2. The molecule has 8 nitrogen and oxygen atoms in total. The number of nitrogens with one attached hydrogen (secondary N) is 3. The first-order valence-electron chi connectivity index (χ1n) is 12.4. The second kappa shape index (κ2) is 14.8. The Kier molecular flexibility index (Phi) is 11.1. The standard InChI is InChI=1S/C29H34ClFN6O2/c1-4-33-25-18-22(10-6-14-34-27(38)11-7-15-37(2)3)35-28(25)29(32)36-23-12-13-26(24(30)17-23)39-19-20-8-5-9-21(31)16-20/h4-11,13,16-18,23,33,35H,1,12,14-15,19H2,2-3H3,(H2,32,36)(H,34,38)/b10-6+,11-7+. The molecule has 1 aliphatic rings. The number of hydrogen-bond acceptors (Lipinski definition) is 5. The number of aromatic nitrogens is 1. The maximum Gasteiger partial charge on any atom is 0.243 e. The quantitative estimate of drug-likeness (QED) is 0.164. The Bertz CT molecular complexity index is 1310. The third kappa shape index (κ3) is 9.63. The lowest BCUT2D eigenvalue weighted by Gasteiger charge is -2.17. The number of nitrogens with two attached hydrogens (primary N) is 1. The van der Waals surface area contributed by atoms with Gasteiger partial charge in [0.25, 0.3) is 0 Å². The van der Waals surface area contributed by atoms with Crippen LogP contribution in [0.2, 0.25) is 0 Å². The summed E-state index contributed by atoms with van der Waals surface area (Å²) in [6, 6.07) is 7.81. The highest BCUT2D eigenvalue weighted by Crippen LogP contribution is 2.27. The summed E-state index contributed by atoms with van der Waals surface area (Å²) in [6.07, 6.45) is 12.7. The summed E-state index contributed by atoms with van der Waals surface area (Å²) in [6.45, 7) is 4.99. The zero-order valence-electron chi connectivity index (χ0n) is 22.1. The van der Waals surface area contributed by atoms with Crippen molar-refractivity contribution < 1.29 is 13.9 Å². The molecule has 1 aliphatic carbocycles. The topological polar surface area (TPSA) is 108 Å². The Morgan fingerprint density at radius 1 is 1.36 bits per heavy atom. The van der Waals surface area contributed by atoms with Gasteiger partial charge in [-0.1, -0.05) is 42.5 Å². The maximum atomic E-state index is 13.4. The van der Waals surface area contributed by atoms with Gasteiger partial charge in [-0.05, 0) is 68.7 Å². The van der Waals surface area contributed by atoms with E-state index >= 15 is 0 Å². The van der Waals surface area contributed by atoms with Crippen molar-refractivity contribution in [1.82, 2.24) is 15.2 Å². The van der Waals surface area contributed by atoms with Crippen LogP contribution in [0.5, 0.6) is 0 Å². The Morgan fingerprint density at radius 2 is 2.18 bits per heavy atom. The third-order valence-corrected chi connectivity index (χ3v) is 5.80. The number of carbonyl (C=O) groups excluding carboxylic acids is 1. The van der Waals surface area contributed by atoms with Crippen LogP contribution < -0.4 is 16.4 Å². The number of likely N-dealkylation sites (N-methyl/N-ethyl adjacent to an activating group) is 1. The van der Waals surface area contributed by atoms with Gasteiger partial charge in [0.15, 0.2) is 0 Å². The normalized spacial score (nSPS) is 15.9. The highest BCUT2D eigenvalue weighted by atomic mass is 35.5. The average Bonchev–Trinajstić information content (AvgIpc) is 3.29. The minimum Gasteiger partial charge on any atom is -0.488 e. The number of allylic oxidation sites excluding steroid dienone is 1. The molecule has 1 aromatic carbocycles. The van der Waals surface area contributed by atoms with Gasteiger partial charge < -0.3 is 31.0 Å². The van der Waals surface area contributed by atoms with Crippen LogP contribution in [-0.2, 0) is 16.1 Å². The first-order valence-corrected chi connectivity index (χ1v) is 12.8. The summed E-state index contributed by atoms with van der Waals surface area (Å²) in [5.41, 5.74) is 9.15. The smallest absolute Gasteiger partial charge is 0.243 e. The van der Waals surface area contributed by atoms with E-state index in [0.29, 0.717) is 53.1 Å². The Balaban J connectivity index is 1.60.